The van der Waals surface area contributed by atoms with Gasteiger partial charge in [0.05, 0.1) is 0 Å². The first kappa shape index (κ1) is 15.9. The van der Waals surface area contributed by atoms with Crippen LogP contribution >= 0.6 is 11.9 Å². The van der Waals surface area contributed by atoms with Crippen molar-refractivity contribution in [1.82, 2.24) is 0 Å². The van der Waals surface area contributed by atoms with E-state index in [0.29, 0.717) is 5.92 Å². The molecule has 1 nitrogen and oxygen atoms in total. The molecule has 0 spiro atoms. The SMILES string of the molecule is CS/N=C\[C-](C)/C=C/C(C)C.[Rb+]. The van der Waals surface area contributed by atoms with Crippen LogP contribution in [0, 0.1) is 11.8 Å². The molecule has 0 bridgehead atoms. The minimum atomic E-state index is 0. The minimum absolute atomic E-state index is 0. The number of hydrogen-bond acceptors (Lipinski definition) is 2. The second kappa shape index (κ2) is 10.5. The third-order valence-electron chi connectivity index (χ3n) is 1.11. The van der Waals surface area contributed by atoms with Crippen molar-refractivity contribution in [3.8, 4) is 0 Å². The summed E-state index contributed by atoms with van der Waals surface area (Å²) in [6, 6.07) is 0. The Bertz CT molecular complexity index is 143. The van der Waals surface area contributed by atoms with Crippen molar-refractivity contribution in [3.63, 3.8) is 0 Å². The Balaban J connectivity index is 0. The molecule has 0 aliphatic rings. The molecule has 0 radical (unpaired) electrons. The van der Waals surface area contributed by atoms with Crippen molar-refractivity contribution < 1.29 is 58.2 Å². The van der Waals surface area contributed by atoms with Crippen molar-refractivity contribution in [2.24, 2.45) is 10.3 Å². The summed E-state index contributed by atoms with van der Waals surface area (Å²) in [5, 5.41) is 0. The quantitative estimate of drug-likeness (QED) is 0.396. The van der Waals surface area contributed by atoms with E-state index in [-0.39, 0.29) is 58.2 Å². The molecule has 0 saturated carbocycles. The van der Waals surface area contributed by atoms with Gasteiger partial charge in [-0.1, -0.05) is 19.8 Å². The van der Waals surface area contributed by atoms with Crippen LogP contribution in [0.15, 0.2) is 16.5 Å². The second-order valence-corrected chi connectivity index (χ2v) is 3.34. The van der Waals surface area contributed by atoms with Crippen LogP contribution in [0.2, 0.25) is 0 Å². The van der Waals surface area contributed by atoms with E-state index < -0.39 is 0 Å². The standard InChI is InChI=1S/C9H16NS.Rb/c1-8(2)5-6-9(3)7-10-11-4;/h5-8H,1-4H3;/q-1;+1/b6-5+,10-7-;. The molecule has 0 amide bonds. The zero-order valence-electron chi connectivity index (χ0n) is 8.66. The first-order chi connectivity index (χ1) is 5.16. The first-order valence-electron chi connectivity index (χ1n) is 3.75. The van der Waals surface area contributed by atoms with E-state index in [1.807, 2.05) is 12.5 Å². The molecule has 0 aromatic carbocycles. The van der Waals surface area contributed by atoms with E-state index >= 15 is 0 Å². The first-order valence-corrected chi connectivity index (χ1v) is 4.93. The maximum absolute atomic E-state index is 4.05. The fourth-order valence-corrected chi connectivity index (χ4v) is 0.795. The van der Waals surface area contributed by atoms with Crippen molar-refractivity contribution in [3.05, 3.63) is 18.1 Å². The largest absolute Gasteiger partial charge is 1.00 e. The second-order valence-electron chi connectivity index (χ2n) is 2.76. The Morgan fingerprint density at radius 1 is 1.42 bits per heavy atom. The number of hydrogen-bond donors (Lipinski definition) is 0. The average Bonchev–Trinajstić information content (AvgIpc) is 1.97. The monoisotopic (exact) mass is 255 g/mol. The fourth-order valence-electron chi connectivity index (χ4n) is 0.523. The maximum Gasteiger partial charge on any atom is 1.00 e. The number of allylic oxidation sites excluding steroid dienone is 2. The molecular weight excluding hydrogens is 240 g/mol. The van der Waals surface area contributed by atoms with Gasteiger partial charge in [0.25, 0.3) is 0 Å². The van der Waals surface area contributed by atoms with Crippen LogP contribution in [0.25, 0.3) is 0 Å². The topological polar surface area (TPSA) is 12.4 Å². The predicted molar refractivity (Wildman–Crippen MR) is 54.9 cm³/mol. The summed E-state index contributed by atoms with van der Waals surface area (Å²) < 4.78 is 4.05. The fraction of sp³-hybridized carbons (Fsp3) is 0.556. The van der Waals surface area contributed by atoms with Gasteiger partial charge in [-0.15, -0.1) is 6.92 Å². The maximum atomic E-state index is 4.05. The van der Waals surface area contributed by atoms with E-state index in [9.17, 15) is 0 Å². The van der Waals surface area contributed by atoms with Gasteiger partial charge in [0.15, 0.2) is 0 Å². The molecule has 0 aromatic rings. The molecule has 0 heterocycles. The van der Waals surface area contributed by atoms with Gasteiger partial charge in [0.2, 0.25) is 0 Å². The molecule has 64 valence electrons. The van der Waals surface area contributed by atoms with Crippen LogP contribution in [-0.2, 0) is 0 Å². The van der Waals surface area contributed by atoms with E-state index in [1.54, 1.807) is 0 Å². The van der Waals surface area contributed by atoms with Gasteiger partial charge in [-0.05, 0) is 18.2 Å². The zero-order valence-corrected chi connectivity index (χ0v) is 14.4. The van der Waals surface area contributed by atoms with Gasteiger partial charge < -0.3 is 0 Å². The molecule has 0 fully saturated rings. The van der Waals surface area contributed by atoms with Crippen molar-refractivity contribution in [2.45, 2.75) is 20.8 Å². The molecule has 12 heavy (non-hydrogen) atoms. The summed E-state index contributed by atoms with van der Waals surface area (Å²) in [6.07, 6.45) is 8.10. The van der Waals surface area contributed by atoms with Gasteiger partial charge in [0.1, 0.15) is 0 Å². The van der Waals surface area contributed by atoms with E-state index in [0.717, 1.165) is 0 Å². The Morgan fingerprint density at radius 3 is 2.42 bits per heavy atom. The molecule has 3 heteroatoms. The summed E-state index contributed by atoms with van der Waals surface area (Å²) in [4.78, 5) is 0. The van der Waals surface area contributed by atoms with E-state index in [2.05, 4.69) is 37.3 Å². The molecule has 0 aliphatic heterocycles. The van der Waals surface area contributed by atoms with Gasteiger partial charge in [0, 0.05) is 6.26 Å². The Labute approximate surface area is 129 Å². The number of rotatable bonds is 4. The van der Waals surface area contributed by atoms with Gasteiger partial charge >= 0.3 is 58.2 Å². The van der Waals surface area contributed by atoms with E-state index in [1.165, 1.54) is 17.9 Å². The van der Waals surface area contributed by atoms with Gasteiger partial charge in [-0.25, -0.2) is 16.5 Å². The third-order valence-corrected chi connectivity index (χ3v) is 1.42. The van der Waals surface area contributed by atoms with Crippen LogP contribution in [0.1, 0.15) is 20.8 Å². The third kappa shape index (κ3) is 11.4. The Hall–Kier alpha value is 1.44. The van der Waals surface area contributed by atoms with Gasteiger partial charge in [-0.2, -0.15) is 5.92 Å². The van der Waals surface area contributed by atoms with Crippen molar-refractivity contribution in [1.29, 1.82) is 0 Å². The van der Waals surface area contributed by atoms with Crippen LogP contribution in [0.4, 0.5) is 0 Å². The number of nitrogens with zero attached hydrogens (tertiary/aromatic N) is 1. The normalized spacial score (nSPS) is 11.1. The molecule has 0 unspecified atom stereocenters. The van der Waals surface area contributed by atoms with Gasteiger partial charge in [-0.3, -0.25) is 0 Å². The summed E-state index contributed by atoms with van der Waals surface area (Å²) >= 11 is 1.48. The van der Waals surface area contributed by atoms with Crippen LogP contribution in [-0.4, -0.2) is 12.5 Å². The molecule has 0 aromatic heterocycles. The summed E-state index contributed by atoms with van der Waals surface area (Å²) in [5.41, 5.74) is 0. The average molecular weight is 256 g/mol. The van der Waals surface area contributed by atoms with Crippen LogP contribution in [0.3, 0.4) is 0 Å². The Kier molecular flexibility index (Phi) is 13.9. The minimum Gasteiger partial charge on any atom is -0.244 e. The van der Waals surface area contributed by atoms with Crippen LogP contribution in [0.5, 0.6) is 0 Å². The van der Waals surface area contributed by atoms with Crippen molar-refractivity contribution in [2.75, 3.05) is 6.26 Å². The Morgan fingerprint density at radius 2 is 2.00 bits per heavy atom. The molecule has 0 aliphatic carbocycles. The smallest absolute Gasteiger partial charge is 0.244 e. The summed E-state index contributed by atoms with van der Waals surface area (Å²) in [7, 11) is 0. The van der Waals surface area contributed by atoms with Crippen molar-refractivity contribution >= 4 is 18.2 Å². The molecule has 0 N–H and O–H groups in total. The molecule has 0 rings (SSSR count). The zero-order chi connectivity index (χ0) is 8.69. The summed E-state index contributed by atoms with van der Waals surface area (Å²) in [5.74, 6) is 1.82. The van der Waals surface area contributed by atoms with E-state index in [4.69, 9.17) is 0 Å². The molecular formula is C9H16NRbS. The predicted octanol–water partition coefficient (Wildman–Crippen LogP) is 0.146. The van der Waals surface area contributed by atoms with Crippen LogP contribution < -0.4 is 58.2 Å². The molecule has 0 saturated heterocycles. The summed E-state index contributed by atoms with van der Waals surface area (Å²) in [6.45, 7) is 6.38. The molecule has 0 atom stereocenters.